The number of nitrogens with two attached hydrogens (primary N) is 1. The first-order valence-corrected chi connectivity index (χ1v) is 5.47. The molecule has 0 aliphatic carbocycles. The van der Waals surface area contributed by atoms with E-state index in [1.807, 2.05) is 6.07 Å². The van der Waals surface area contributed by atoms with Crippen LogP contribution in [0.2, 0.25) is 0 Å². The fourth-order valence-electron chi connectivity index (χ4n) is 1.71. The van der Waals surface area contributed by atoms with Crippen LogP contribution in [0.3, 0.4) is 0 Å². The summed E-state index contributed by atoms with van der Waals surface area (Å²) in [6.07, 6.45) is -0.441. The molecule has 0 saturated carbocycles. The summed E-state index contributed by atoms with van der Waals surface area (Å²) in [5, 5.41) is 0. The third-order valence-corrected chi connectivity index (χ3v) is 2.46. The summed E-state index contributed by atoms with van der Waals surface area (Å²) in [5.41, 5.74) is 6.39. The number of carbonyl (C=O) groups is 1. The van der Waals surface area contributed by atoms with E-state index in [-0.39, 0.29) is 12.5 Å². The number of esters is 1. The van der Waals surface area contributed by atoms with Crippen LogP contribution >= 0.6 is 0 Å². The minimum atomic E-state index is -0.441. The topological polar surface area (TPSA) is 70.8 Å². The van der Waals surface area contributed by atoms with Crippen molar-refractivity contribution in [3.05, 3.63) is 23.8 Å². The van der Waals surface area contributed by atoms with Crippen molar-refractivity contribution < 1.29 is 19.0 Å². The van der Waals surface area contributed by atoms with Gasteiger partial charge in [-0.1, -0.05) is 6.07 Å². The van der Waals surface area contributed by atoms with Crippen molar-refractivity contribution in [1.82, 2.24) is 0 Å². The van der Waals surface area contributed by atoms with Crippen LogP contribution in [0.25, 0.3) is 0 Å². The van der Waals surface area contributed by atoms with E-state index in [9.17, 15) is 4.79 Å². The molecule has 5 nitrogen and oxygen atoms in total. The average Bonchev–Trinajstić information content (AvgIpc) is 2.35. The summed E-state index contributed by atoms with van der Waals surface area (Å²) in [4.78, 5) is 10.9. The fraction of sp³-hybridized carbons (Fsp3) is 0.417. The Morgan fingerprint density at radius 1 is 1.41 bits per heavy atom. The molecule has 1 atom stereocenters. The van der Waals surface area contributed by atoms with Gasteiger partial charge in [0.1, 0.15) is 19.3 Å². The van der Waals surface area contributed by atoms with Crippen LogP contribution in [0.5, 0.6) is 11.5 Å². The molecule has 0 aromatic heterocycles. The molecule has 1 aliphatic heterocycles. The summed E-state index contributed by atoms with van der Waals surface area (Å²) in [5.74, 6) is 1.02. The van der Waals surface area contributed by atoms with Crippen LogP contribution in [0, 0.1) is 0 Å². The smallest absolute Gasteiger partial charge is 0.303 e. The van der Waals surface area contributed by atoms with Gasteiger partial charge in [-0.3, -0.25) is 4.79 Å². The Balaban J connectivity index is 2.22. The Bertz CT molecular complexity index is 419. The molecule has 0 amide bonds. The van der Waals surface area contributed by atoms with Crippen LogP contribution in [-0.4, -0.2) is 25.7 Å². The zero-order chi connectivity index (χ0) is 12.3. The largest absolute Gasteiger partial charge is 0.486 e. The van der Waals surface area contributed by atoms with Crippen LogP contribution in [0.4, 0.5) is 0 Å². The summed E-state index contributed by atoms with van der Waals surface area (Å²) in [7, 11) is 0. The molecule has 17 heavy (non-hydrogen) atoms. The highest BCUT2D eigenvalue weighted by atomic mass is 16.6. The van der Waals surface area contributed by atoms with Crippen molar-refractivity contribution >= 4 is 5.97 Å². The van der Waals surface area contributed by atoms with Gasteiger partial charge in [0.05, 0.1) is 0 Å². The maximum absolute atomic E-state index is 10.9. The first-order valence-electron chi connectivity index (χ1n) is 5.47. The van der Waals surface area contributed by atoms with Crippen molar-refractivity contribution in [2.75, 3.05) is 19.8 Å². The second-order valence-corrected chi connectivity index (χ2v) is 3.74. The Hall–Kier alpha value is -1.75. The zero-order valence-electron chi connectivity index (χ0n) is 9.64. The normalized spacial score (nSPS) is 15.2. The lowest BCUT2D eigenvalue weighted by Gasteiger charge is -2.21. The van der Waals surface area contributed by atoms with E-state index < -0.39 is 6.10 Å². The van der Waals surface area contributed by atoms with Crippen LogP contribution in [0.1, 0.15) is 18.6 Å². The van der Waals surface area contributed by atoms with Gasteiger partial charge in [0, 0.05) is 13.5 Å². The predicted octanol–water partition coefficient (Wildman–Crippen LogP) is 1.02. The van der Waals surface area contributed by atoms with Gasteiger partial charge in [0.2, 0.25) is 0 Å². The number of benzene rings is 1. The lowest BCUT2D eigenvalue weighted by Crippen LogP contribution is -2.19. The molecule has 1 aromatic carbocycles. The van der Waals surface area contributed by atoms with E-state index in [0.29, 0.717) is 24.7 Å². The first-order chi connectivity index (χ1) is 8.20. The van der Waals surface area contributed by atoms with Gasteiger partial charge < -0.3 is 19.9 Å². The molecule has 0 radical (unpaired) electrons. The molecule has 0 saturated heterocycles. The third kappa shape index (κ3) is 2.68. The van der Waals surface area contributed by atoms with Crippen LogP contribution in [-0.2, 0) is 9.53 Å². The Labute approximate surface area is 99.5 Å². The molecule has 0 bridgehead atoms. The summed E-state index contributed by atoms with van der Waals surface area (Å²) < 4.78 is 16.0. The number of ether oxygens (including phenoxy) is 3. The molecule has 1 unspecified atom stereocenters. The van der Waals surface area contributed by atoms with Crippen molar-refractivity contribution in [3.8, 4) is 11.5 Å². The molecule has 1 aromatic rings. The van der Waals surface area contributed by atoms with E-state index in [2.05, 4.69) is 0 Å². The molecule has 2 rings (SSSR count). The van der Waals surface area contributed by atoms with Crippen LogP contribution in [0.15, 0.2) is 18.2 Å². The fourth-order valence-corrected chi connectivity index (χ4v) is 1.71. The molecular formula is C12H15NO4. The average molecular weight is 237 g/mol. The minimum absolute atomic E-state index is 0.235. The second-order valence-electron chi connectivity index (χ2n) is 3.74. The monoisotopic (exact) mass is 237 g/mol. The van der Waals surface area contributed by atoms with Gasteiger partial charge in [-0.05, 0) is 17.7 Å². The number of rotatable bonds is 3. The van der Waals surface area contributed by atoms with Gasteiger partial charge >= 0.3 is 5.97 Å². The van der Waals surface area contributed by atoms with Crippen molar-refractivity contribution in [2.24, 2.45) is 5.73 Å². The Kier molecular flexibility index (Phi) is 3.49. The highest BCUT2D eigenvalue weighted by molar-refractivity contribution is 5.66. The lowest BCUT2D eigenvalue weighted by atomic mass is 10.1. The molecule has 2 N–H and O–H groups in total. The van der Waals surface area contributed by atoms with Crippen molar-refractivity contribution in [1.29, 1.82) is 0 Å². The SMILES string of the molecule is CC(=O)OC(CN)c1ccc2c(c1)OCCO2. The predicted molar refractivity (Wildman–Crippen MR) is 61.0 cm³/mol. The maximum Gasteiger partial charge on any atom is 0.303 e. The minimum Gasteiger partial charge on any atom is -0.486 e. The highest BCUT2D eigenvalue weighted by Crippen LogP contribution is 2.33. The zero-order valence-corrected chi connectivity index (χ0v) is 9.64. The van der Waals surface area contributed by atoms with E-state index in [1.165, 1.54) is 6.92 Å². The lowest BCUT2D eigenvalue weighted by molar-refractivity contribution is -0.146. The summed E-state index contributed by atoms with van der Waals surface area (Å²) in [6.45, 7) is 2.67. The Morgan fingerprint density at radius 2 is 2.12 bits per heavy atom. The highest BCUT2D eigenvalue weighted by Gasteiger charge is 2.17. The molecule has 5 heteroatoms. The van der Waals surface area contributed by atoms with Gasteiger partial charge in [0.25, 0.3) is 0 Å². The standard InChI is InChI=1S/C12H15NO4/c1-8(14)17-12(7-13)9-2-3-10-11(6-9)16-5-4-15-10/h2-3,6,12H,4-5,7,13H2,1H3. The third-order valence-electron chi connectivity index (χ3n) is 2.46. The number of hydrogen-bond acceptors (Lipinski definition) is 5. The molecule has 0 fully saturated rings. The molecule has 1 aliphatic rings. The van der Waals surface area contributed by atoms with Gasteiger partial charge in [0.15, 0.2) is 11.5 Å². The van der Waals surface area contributed by atoms with E-state index in [4.69, 9.17) is 19.9 Å². The van der Waals surface area contributed by atoms with Crippen LogP contribution < -0.4 is 15.2 Å². The summed E-state index contributed by atoms with van der Waals surface area (Å²) >= 11 is 0. The van der Waals surface area contributed by atoms with Crippen molar-refractivity contribution in [3.63, 3.8) is 0 Å². The molecule has 0 spiro atoms. The quantitative estimate of drug-likeness (QED) is 0.795. The second kappa shape index (κ2) is 5.05. The molecule has 1 heterocycles. The first kappa shape index (κ1) is 11.7. The van der Waals surface area contributed by atoms with Gasteiger partial charge in [-0.15, -0.1) is 0 Å². The number of hydrogen-bond donors (Lipinski definition) is 1. The maximum atomic E-state index is 10.9. The molecule has 92 valence electrons. The number of fused-ring (bicyclic) bond motifs is 1. The molecular weight excluding hydrogens is 222 g/mol. The van der Waals surface area contributed by atoms with E-state index >= 15 is 0 Å². The summed E-state index contributed by atoms with van der Waals surface area (Å²) in [6, 6.07) is 5.43. The Morgan fingerprint density at radius 3 is 2.76 bits per heavy atom. The van der Waals surface area contributed by atoms with Crippen molar-refractivity contribution in [2.45, 2.75) is 13.0 Å². The van der Waals surface area contributed by atoms with Gasteiger partial charge in [-0.25, -0.2) is 0 Å². The van der Waals surface area contributed by atoms with E-state index in [0.717, 1.165) is 5.56 Å². The van der Waals surface area contributed by atoms with E-state index in [1.54, 1.807) is 12.1 Å². The van der Waals surface area contributed by atoms with Gasteiger partial charge in [-0.2, -0.15) is 0 Å². The number of carbonyl (C=O) groups excluding carboxylic acids is 1.